The zero-order chi connectivity index (χ0) is 13.7. The lowest BCUT2D eigenvalue weighted by atomic mass is 9.77. The highest BCUT2D eigenvalue weighted by Crippen LogP contribution is 2.35. The first-order valence-electron chi connectivity index (χ1n) is 8.36. The lowest BCUT2D eigenvalue weighted by molar-refractivity contribution is 0.0386. The molecule has 1 saturated carbocycles. The SMILES string of the molecule is CCC1CC(NCCO)CN(C(CC)C2CCC2)C1. The van der Waals surface area contributed by atoms with Gasteiger partial charge in [0, 0.05) is 31.7 Å². The second kappa shape index (κ2) is 7.61. The molecule has 3 atom stereocenters. The van der Waals surface area contributed by atoms with Gasteiger partial charge in [-0.15, -0.1) is 0 Å². The lowest BCUT2D eigenvalue weighted by Gasteiger charge is -2.46. The molecule has 3 nitrogen and oxygen atoms in total. The molecule has 19 heavy (non-hydrogen) atoms. The molecule has 0 radical (unpaired) electrons. The second-order valence-corrected chi connectivity index (χ2v) is 6.51. The van der Waals surface area contributed by atoms with Crippen LogP contribution in [0.25, 0.3) is 0 Å². The van der Waals surface area contributed by atoms with Crippen molar-refractivity contribution in [2.45, 2.75) is 64.5 Å². The normalized spacial score (nSPS) is 31.1. The van der Waals surface area contributed by atoms with E-state index in [1.165, 1.54) is 51.6 Å². The van der Waals surface area contributed by atoms with Crippen LogP contribution in [0.15, 0.2) is 0 Å². The molecule has 0 aromatic carbocycles. The molecule has 2 fully saturated rings. The topological polar surface area (TPSA) is 35.5 Å². The fourth-order valence-electron chi connectivity index (χ4n) is 3.94. The van der Waals surface area contributed by atoms with Crippen molar-refractivity contribution in [3.63, 3.8) is 0 Å². The lowest BCUT2D eigenvalue weighted by Crippen LogP contribution is -2.55. The van der Waals surface area contributed by atoms with Crippen LogP contribution in [0.5, 0.6) is 0 Å². The summed E-state index contributed by atoms with van der Waals surface area (Å²) >= 11 is 0. The van der Waals surface area contributed by atoms with Gasteiger partial charge in [-0.1, -0.05) is 26.7 Å². The molecule has 3 heteroatoms. The average Bonchev–Trinajstić information content (AvgIpc) is 2.39. The first-order chi connectivity index (χ1) is 9.28. The fraction of sp³-hybridized carbons (Fsp3) is 1.00. The van der Waals surface area contributed by atoms with Gasteiger partial charge >= 0.3 is 0 Å². The molecule has 1 heterocycles. The Balaban J connectivity index is 1.92. The number of hydrogen-bond acceptors (Lipinski definition) is 3. The van der Waals surface area contributed by atoms with E-state index in [1.54, 1.807) is 0 Å². The van der Waals surface area contributed by atoms with Crippen molar-refractivity contribution in [1.29, 1.82) is 0 Å². The summed E-state index contributed by atoms with van der Waals surface area (Å²) in [5.74, 6) is 1.79. The molecule has 2 aliphatic rings. The Kier molecular flexibility index (Phi) is 6.11. The van der Waals surface area contributed by atoms with Crippen LogP contribution in [0, 0.1) is 11.8 Å². The number of rotatable bonds is 7. The van der Waals surface area contributed by atoms with Gasteiger partial charge in [-0.2, -0.15) is 0 Å². The van der Waals surface area contributed by atoms with Crippen LogP contribution in [0.3, 0.4) is 0 Å². The number of likely N-dealkylation sites (tertiary alicyclic amines) is 1. The Labute approximate surface area is 118 Å². The van der Waals surface area contributed by atoms with Crippen molar-refractivity contribution in [2.75, 3.05) is 26.2 Å². The maximum absolute atomic E-state index is 9.00. The third kappa shape index (κ3) is 3.93. The Morgan fingerprint density at radius 3 is 2.58 bits per heavy atom. The summed E-state index contributed by atoms with van der Waals surface area (Å²) in [5, 5.41) is 12.5. The van der Waals surface area contributed by atoms with Crippen LogP contribution in [0.4, 0.5) is 0 Å². The second-order valence-electron chi connectivity index (χ2n) is 6.51. The van der Waals surface area contributed by atoms with Crippen LogP contribution < -0.4 is 5.32 Å². The molecule has 2 rings (SSSR count). The largest absolute Gasteiger partial charge is 0.395 e. The van der Waals surface area contributed by atoms with Crippen molar-refractivity contribution < 1.29 is 5.11 Å². The number of piperidine rings is 1. The molecular formula is C16H32N2O. The molecular weight excluding hydrogens is 236 g/mol. The van der Waals surface area contributed by atoms with Gasteiger partial charge < -0.3 is 10.4 Å². The molecule has 0 amide bonds. The number of aliphatic hydroxyl groups is 1. The van der Waals surface area contributed by atoms with Crippen LogP contribution in [-0.4, -0.2) is 48.3 Å². The molecule has 1 aliphatic carbocycles. The van der Waals surface area contributed by atoms with Crippen molar-refractivity contribution in [3.8, 4) is 0 Å². The van der Waals surface area contributed by atoms with Gasteiger partial charge in [-0.3, -0.25) is 4.90 Å². The molecule has 0 aromatic rings. The van der Waals surface area contributed by atoms with Gasteiger partial charge in [-0.05, 0) is 37.5 Å². The summed E-state index contributed by atoms with van der Waals surface area (Å²) in [6.45, 7) is 8.16. The Bertz CT molecular complexity index is 255. The van der Waals surface area contributed by atoms with E-state index in [9.17, 15) is 0 Å². The predicted molar refractivity (Wildman–Crippen MR) is 80.3 cm³/mol. The van der Waals surface area contributed by atoms with Crippen LogP contribution in [0.1, 0.15) is 52.4 Å². The minimum absolute atomic E-state index is 0.257. The first kappa shape index (κ1) is 15.3. The van der Waals surface area contributed by atoms with Crippen LogP contribution in [0.2, 0.25) is 0 Å². The minimum Gasteiger partial charge on any atom is -0.395 e. The molecule has 0 aromatic heterocycles. The zero-order valence-corrected chi connectivity index (χ0v) is 12.8. The first-order valence-corrected chi connectivity index (χ1v) is 8.36. The molecule has 2 N–H and O–H groups in total. The number of nitrogens with one attached hydrogen (secondary N) is 1. The summed E-state index contributed by atoms with van der Waals surface area (Å²) in [6, 6.07) is 1.39. The highest BCUT2D eigenvalue weighted by molar-refractivity contribution is 4.90. The Morgan fingerprint density at radius 2 is 2.05 bits per heavy atom. The number of nitrogens with zero attached hydrogens (tertiary/aromatic N) is 1. The highest BCUT2D eigenvalue weighted by Gasteiger charge is 2.35. The summed E-state index contributed by atoms with van der Waals surface area (Å²) in [4.78, 5) is 2.76. The van der Waals surface area contributed by atoms with E-state index in [0.717, 1.165) is 24.4 Å². The van der Waals surface area contributed by atoms with Gasteiger partial charge in [0.25, 0.3) is 0 Å². The molecule has 1 saturated heterocycles. The Hall–Kier alpha value is -0.120. The van der Waals surface area contributed by atoms with E-state index < -0.39 is 0 Å². The van der Waals surface area contributed by atoms with Crippen molar-refractivity contribution in [3.05, 3.63) is 0 Å². The van der Waals surface area contributed by atoms with Gasteiger partial charge in [-0.25, -0.2) is 0 Å². The molecule has 1 aliphatic heterocycles. The third-order valence-corrected chi connectivity index (χ3v) is 5.27. The predicted octanol–water partition coefficient (Wildman–Crippen LogP) is 2.25. The van der Waals surface area contributed by atoms with E-state index in [2.05, 4.69) is 24.1 Å². The minimum atomic E-state index is 0.257. The summed E-state index contributed by atoms with van der Waals surface area (Å²) in [7, 11) is 0. The van der Waals surface area contributed by atoms with E-state index in [-0.39, 0.29) is 6.61 Å². The van der Waals surface area contributed by atoms with E-state index in [0.29, 0.717) is 6.04 Å². The summed E-state index contributed by atoms with van der Waals surface area (Å²) in [5.41, 5.74) is 0. The standard InChI is InChI=1S/C16H32N2O/c1-3-13-10-15(17-8-9-19)12-18(11-13)16(4-2)14-6-5-7-14/h13-17,19H,3-12H2,1-2H3. The van der Waals surface area contributed by atoms with E-state index >= 15 is 0 Å². The molecule has 0 bridgehead atoms. The van der Waals surface area contributed by atoms with E-state index in [4.69, 9.17) is 5.11 Å². The van der Waals surface area contributed by atoms with Gasteiger partial charge in [0.15, 0.2) is 0 Å². The fourth-order valence-corrected chi connectivity index (χ4v) is 3.94. The average molecular weight is 268 g/mol. The highest BCUT2D eigenvalue weighted by atomic mass is 16.3. The molecule has 3 unspecified atom stereocenters. The Morgan fingerprint density at radius 1 is 1.26 bits per heavy atom. The summed E-state index contributed by atoms with van der Waals surface area (Å²) in [6.07, 6.45) is 8.20. The molecule has 0 spiro atoms. The van der Waals surface area contributed by atoms with Crippen LogP contribution >= 0.6 is 0 Å². The number of hydrogen-bond donors (Lipinski definition) is 2. The van der Waals surface area contributed by atoms with Gasteiger partial charge in [0.05, 0.1) is 6.61 Å². The smallest absolute Gasteiger partial charge is 0.0556 e. The number of aliphatic hydroxyl groups excluding tert-OH is 1. The zero-order valence-electron chi connectivity index (χ0n) is 12.8. The maximum Gasteiger partial charge on any atom is 0.0556 e. The van der Waals surface area contributed by atoms with Crippen LogP contribution in [-0.2, 0) is 0 Å². The monoisotopic (exact) mass is 268 g/mol. The quantitative estimate of drug-likeness (QED) is 0.743. The molecule has 112 valence electrons. The maximum atomic E-state index is 9.00. The van der Waals surface area contributed by atoms with E-state index in [1.807, 2.05) is 0 Å². The van der Waals surface area contributed by atoms with Gasteiger partial charge in [0.1, 0.15) is 0 Å². The van der Waals surface area contributed by atoms with Gasteiger partial charge in [0.2, 0.25) is 0 Å². The third-order valence-electron chi connectivity index (χ3n) is 5.27. The van der Waals surface area contributed by atoms with Crippen molar-refractivity contribution in [2.24, 2.45) is 11.8 Å². The van der Waals surface area contributed by atoms with Crippen molar-refractivity contribution in [1.82, 2.24) is 10.2 Å². The summed E-state index contributed by atoms with van der Waals surface area (Å²) < 4.78 is 0. The van der Waals surface area contributed by atoms with Crippen molar-refractivity contribution >= 4 is 0 Å².